The number of thioether (sulfide) groups is 1. The fourth-order valence-corrected chi connectivity index (χ4v) is 4.00. The third kappa shape index (κ3) is 7.06. The molecule has 3 aromatic rings. The van der Waals surface area contributed by atoms with E-state index in [9.17, 15) is 14.4 Å². The second-order valence-electron chi connectivity index (χ2n) is 7.62. The summed E-state index contributed by atoms with van der Waals surface area (Å²) in [5.41, 5.74) is 1.71. The zero-order valence-corrected chi connectivity index (χ0v) is 20.7. The number of carbonyl (C=O) groups excluding carboxylic acids is 3. The number of carbonyl (C=O) groups is 3. The van der Waals surface area contributed by atoms with Gasteiger partial charge in [0.15, 0.2) is 11.0 Å². The van der Waals surface area contributed by atoms with Gasteiger partial charge in [0, 0.05) is 12.7 Å². The molecule has 11 heteroatoms. The largest absolute Gasteiger partial charge is 0.497 e. The van der Waals surface area contributed by atoms with Crippen LogP contribution in [0.1, 0.15) is 34.7 Å². The number of ether oxygens (including phenoxy) is 2. The smallest absolute Gasteiger partial charge is 0.337 e. The predicted octanol–water partition coefficient (Wildman–Crippen LogP) is 2.76. The van der Waals surface area contributed by atoms with Gasteiger partial charge >= 0.3 is 5.97 Å². The van der Waals surface area contributed by atoms with Crippen LogP contribution in [0.4, 0.5) is 5.69 Å². The summed E-state index contributed by atoms with van der Waals surface area (Å²) in [6.45, 7) is 1.82. The van der Waals surface area contributed by atoms with Crippen molar-refractivity contribution in [2.24, 2.45) is 7.05 Å². The van der Waals surface area contributed by atoms with Crippen LogP contribution in [0.25, 0.3) is 0 Å². The van der Waals surface area contributed by atoms with Crippen LogP contribution in [0.15, 0.2) is 53.7 Å². The average Bonchev–Trinajstić information content (AvgIpc) is 3.23. The molecule has 1 heterocycles. The molecule has 2 aromatic carbocycles. The Morgan fingerprint density at radius 1 is 1.06 bits per heavy atom. The quantitative estimate of drug-likeness (QED) is 0.324. The molecule has 0 aliphatic rings. The van der Waals surface area contributed by atoms with Gasteiger partial charge in [-0.3, -0.25) is 9.59 Å². The van der Waals surface area contributed by atoms with Crippen molar-refractivity contribution in [2.75, 3.05) is 25.3 Å². The summed E-state index contributed by atoms with van der Waals surface area (Å²) in [5, 5.41) is 14.5. The highest BCUT2D eigenvalue weighted by atomic mass is 32.2. The number of nitrogens with one attached hydrogen (secondary N) is 2. The molecular formula is C24H27N5O5S. The van der Waals surface area contributed by atoms with Gasteiger partial charge in [0.2, 0.25) is 11.8 Å². The van der Waals surface area contributed by atoms with Crippen molar-refractivity contribution in [3.05, 3.63) is 65.5 Å². The highest BCUT2D eigenvalue weighted by Gasteiger charge is 2.19. The fraction of sp³-hybridized carbons (Fsp3) is 0.292. The Hall–Kier alpha value is -3.86. The molecule has 1 atom stereocenters. The standard InChI is InChI=1S/C24H27N5O5S/c1-15(25-20(30)12-16-8-10-19(33-3)11-9-16)22-27-28-24(29(22)2)35-14-21(31)26-18-7-5-6-17(13-18)23(32)34-4/h5-11,13,15H,12,14H2,1-4H3,(H,25,30)(H,26,31)/t15-/m0/s1. The normalized spacial score (nSPS) is 11.4. The molecule has 0 aliphatic carbocycles. The van der Waals surface area contributed by atoms with Crippen molar-refractivity contribution >= 4 is 35.2 Å². The maximum atomic E-state index is 12.5. The van der Waals surface area contributed by atoms with Crippen molar-refractivity contribution in [1.82, 2.24) is 20.1 Å². The van der Waals surface area contributed by atoms with E-state index in [-0.39, 0.29) is 30.0 Å². The first-order chi connectivity index (χ1) is 16.8. The molecule has 0 saturated heterocycles. The topological polar surface area (TPSA) is 124 Å². The van der Waals surface area contributed by atoms with Crippen molar-refractivity contribution in [3.8, 4) is 5.75 Å². The molecule has 3 rings (SSSR count). The highest BCUT2D eigenvalue weighted by Crippen LogP contribution is 2.20. The number of anilines is 1. The van der Waals surface area contributed by atoms with Gasteiger partial charge in [-0.05, 0) is 42.8 Å². The van der Waals surface area contributed by atoms with Crippen LogP contribution in [0.2, 0.25) is 0 Å². The van der Waals surface area contributed by atoms with Gasteiger partial charge in [0.05, 0.1) is 38.0 Å². The molecule has 0 aliphatic heterocycles. The Balaban J connectivity index is 1.52. The summed E-state index contributed by atoms with van der Waals surface area (Å²) in [6, 6.07) is 13.4. The number of methoxy groups -OCH3 is 2. The van der Waals surface area contributed by atoms with Crippen LogP contribution in [-0.4, -0.2) is 52.5 Å². The van der Waals surface area contributed by atoms with E-state index in [0.717, 1.165) is 11.3 Å². The lowest BCUT2D eigenvalue weighted by Gasteiger charge is -2.14. The Labute approximate surface area is 207 Å². The molecule has 0 saturated carbocycles. The van der Waals surface area contributed by atoms with Crippen molar-refractivity contribution in [3.63, 3.8) is 0 Å². The van der Waals surface area contributed by atoms with Crippen LogP contribution in [0.5, 0.6) is 5.75 Å². The first-order valence-electron chi connectivity index (χ1n) is 10.7. The Kier molecular flexibility index (Phi) is 8.85. The number of hydrogen-bond acceptors (Lipinski definition) is 8. The van der Waals surface area contributed by atoms with Gasteiger partial charge in [-0.15, -0.1) is 10.2 Å². The summed E-state index contributed by atoms with van der Waals surface area (Å²) in [5.74, 6) is 0.507. The van der Waals surface area contributed by atoms with Gasteiger partial charge < -0.3 is 24.7 Å². The van der Waals surface area contributed by atoms with Crippen LogP contribution in [0.3, 0.4) is 0 Å². The zero-order chi connectivity index (χ0) is 25.4. The molecule has 184 valence electrons. The molecule has 0 radical (unpaired) electrons. The van der Waals surface area contributed by atoms with E-state index in [0.29, 0.717) is 22.2 Å². The molecule has 1 aromatic heterocycles. The van der Waals surface area contributed by atoms with E-state index in [1.807, 2.05) is 31.2 Å². The average molecular weight is 498 g/mol. The van der Waals surface area contributed by atoms with E-state index in [4.69, 9.17) is 9.47 Å². The number of amides is 2. The van der Waals surface area contributed by atoms with Crippen molar-refractivity contribution in [2.45, 2.75) is 24.5 Å². The summed E-state index contributed by atoms with van der Waals surface area (Å²) < 4.78 is 11.6. The number of hydrogen-bond donors (Lipinski definition) is 2. The number of aromatic nitrogens is 3. The maximum absolute atomic E-state index is 12.5. The van der Waals surface area contributed by atoms with Gasteiger partial charge in [-0.25, -0.2) is 4.79 Å². The van der Waals surface area contributed by atoms with Crippen LogP contribution < -0.4 is 15.4 Å². The molecule has 2 N–H and O–H groups in total. The van der Waals surface area contributed by atoms with E-state index < -0.39 is 5.97 Å². The minimum atomic E-state index is -0.479. The summed E-state index contributed by atoms with van der Waals surface area (Å²) in [6.07, 6.45) is 0.227. The SMILES string of the molecule is COC(=O)c1cccc(NC(=O)CSc2nnc([C@H](C)NC(=O)Cc3ccc(OC)cc3)n2C)c1. The lowest BCUT2D eigenvalue weighted by Crippen LogP contribution is -2.29. The molecule has 0 fully saturated rings. The lowest BCUT2D eigenvalue weighted by molar-refractivity contribution is -0.121. The third-order valence-corrected chi connectivity index (χ3v) is 6.08. The second kappa shape index (κ2) is 12.0. The first-order valence-corrected chi connectivity index (χ1v) is 11.7. The third-order valence-electron chi connectivity index (χ3n) is 5.06. The summed E-state index contributed by atoms with van der Waals surface area (Å²) >= 11 is 1.21. The number of rotatable bonds is 10. The molecule has 35 heavy (non-hydrogen) atoms. The van der Waals surface area contributed by atoms with Crippen molar-refractivity contribution < 1.29 is 23.9 Å². The van der Waals surface area contributed by atoms with E-state index in [1.165, 1.54) is 18.9 Å². The van der Waals surface area contributed by atoms with Crippen molar-refractivity contribution in [1.29, 1.82) is 0 Å². The fourth-order valence-electron chi connectivity index (χ4n) is 3.28. The minimum absolute atomic E-state index is 0.0899. The Morgan fingerprint density at radius 2 is 1.80 bits per heavy atom. The lowest BCUT2D eigenvalue weighted by atomic mass is 10.1. The monoisotopic (exact) mass is 497 g/mol. The number of esters is 1. The summed E-state index contributed by atoms with van der Waals surface area (Å²) in [7, 11) is 4.67. The van der Waals surface area contributed by atoms with Crippen LogP contribution in [0, 0.1) is 0 Å². The van der Waals surface area contributed by atoms with Gasteiger partial charge in [0.25, 0.3) is 0 Å². The molecule has 2 amide bonds. The van der Waals surface area contributed by atoms with E-state index in [1.54, 1.807) is 43.0 Å². The molecule has 10 nitrogen and oxygen atoms in total. The summed E-state index contributed by atoms with van der Waals surface area (Å²) in [4.78, 5) is 36.5. The highest BCUT2D eigenvalue weighted by molar-refractivity contribution is 7.99. The predicted molar refractivity (Wildman–Crippen MR) is 131 cm³/mol. The Morgan fingerprint density at radius 3 is 2.49 bits per heavy atom. The Bertz CT molecular complexity index is 1200. The number of nitrogens with zero attached hydrogens (tertiary/aromatic N) is 3. The molecule has 0 unspecified atom stereocenters. The van der Waals surface area contributed by atoms with Crippen LogP contribution >= 0.6 is 11.8 Å². The number of benzene rings is 2. The van der Waals surface area contributed by atoms with Gasteiger partial charge in [0.1, 0.15) is 5.75 Å². The molecule has 0 spiro atoms. The minimum Gasteiger partial charge on any atom is -0.497 e. The zero-order valence-electron chi connectivity index (χ0n) is 19.9. The van der Waals surface area contributed by atoms with Gasteiger partial charge in [-0.2, -0.15) is 0 Å². The molecular weight excluding hydrogens is 470 g/mol. The molecule has 0 bridgehead atoms. The van der Waals surface area contributed by atoms with E-state index in [2.05, 4.69) is 20.8 Å². The first kappa shape index (κ1) is 25.8. The second-order valence-corrected chi connectivity index (χ2v) is 8.57. The maximum Gasteiger partial charge on any atom is 0.337 e. The van der Waals surface area contributed by atoms with E-state index >= 15 is 0 Å². The van der Waals surface area contributed by atoms with Crippen LogP contribution in [-0.2, 0) is 27.8 Å². The van der Waals surface area contributed by atoms with Gasteiger partial charge in [-0.1, -0.05) is 30.0 Å².